The van der Waals surface area contributed by atoms with Crippen LogP contribution in [0.3, 0.4) is 0 Å². The molecule has 360 valence electrons. The molecule has 5 aliphatic carbocycles. The molecule has 0 spiro atoms. The Morgan fingerprint density at radius 1 is 0.353 bits per heavy atom. The number of phenolic OH excluding ortho intramolecular Hbond substituents is 5. The summed E-state index contributed by atoms with van der Waals surface area (Å²) in [7, 11) is 0. The minimum absolute atomic E-state index is 0.00770. The van der Waals surface area contributed by atoms with Gasteiger partial charge in [-0.3, -0.25) is 0 Å². The molecular weight excluding hydrogens is 837 g/mol. The zero-order valence-corrected chi connectivity index (χ0v) is 41.2. The Hall–Kier alpha value is -4.90. The molecule has 0 aromatic heterocycles. The van der Waals surface area contributed by atoms with E-state index in [1.807, 2.05) is 24.3 Å². The lowest BCUT2D eigenvalue weighted by molar-refractivity contribution is 0.403. The fourth-order valence-electron chi connectivity index (χ4n) is 14.4. The fourth-order valence-corrected chi connectivity index (χ4v) is 14.4. The number of benzene rings is 5. The van der Waals surface area contributed by atoms with Crippen molar-refractivity contribution in [3.05, 3.63) is 122 Å². The summed E-state index contributed by atoms with van der Waals surface area (Å²) >= 11 is 0. The predicted octanol–water partition coefficient (Wildman–Crippen LogP) is 17.6. The van der Waals surface area contributed by atoms with E-state index in [0.717, 1.165) is 148 Å². The van der Waals surface area contributed by atoms with Gasteiger partial charge in [-0.1, -0.05) is 133 Å². The van der Waals surface area contributed by atoms with Crippen LogP contribution in [0.4, 0.5) is 0 Å². The maximum Gasteiger partial charge on any atom is 0.123 e. The highest BCUT2D eigenvalue weighted by Gasteiger charge is 2.37. The smallest absolute Gasteiger partial charge is 0.123 e. The van der Waals surface area contributed by atoms with Crippen LogP contribution in [-0.2, 0) is 0 Å². The summed E-state index contributed by atoms with van der Waals surface area (Å²) in [5, 5.41) is 64.2. The SMILES string of the molecule is Cc1cc(O)c(-c2cc(C(c3cccc(C4CCCCC4)c3O)c3cccc(C4CCCCC4)c3O)c(O)c(C3CCCCC3)c2-c2cc(C3CCCCC3)c(C)cc2O)cc1C1CCCCC1. The summed E-state index contributed by atoms with van der Waals surface area (Å²) in [5.41, 5.74) is 12.5. The number of para-hydroxylation sites is 2. The zero-order valence-electron chi connectivity index (χ0n) is 41.2. The second-order valence-corrected chi connectivity index (χ2v) is 22.3. The third kappa shape index (κ3) is 9.17. The molecule has 5 saturated carbocycles. The maximum absolute atomic E-state index is 13.7. The standard InChI is InChI=1S/C63H78O5/c1-39-34-56(64)52(36-50(39)43-24-12-5-13-25-43)53-38-55(63(68)58(45-28-16-7-17-29-45)60(53)54-37-51(40(2)35-57(54)65)44-26-14-6-15-27-44)59(48-32-18-30-46(61(48)66)41-20-8-3-9-21-41)49-33-19-31-47(62(49)67)42-22-10-4-11-23-42/h18-19,30-38,41-45,59,64-68H,3-17,20-29H2,1-2H3. The molecule has 0 bridgehead atoms. The molecule has 0 radical (unpaired) electrons. The van der Waals surface area contributed by atoms with Crippen LogP contribution in [0.1, 0.15) is 252 Å². The van der Waals surface area contributed by atoms with Crippen molar-refractivity contribution in [3.8, 4) is 51.0 Å². The molecule has 0 heterocycles. The summed E-state index contributed by atoms with van der Waals surface area (Å²) in [4.78, 5) is 0. The lowest BCUT2D eigenvalue weighted by Gasteiger charge is -2.33. The minimum Gasteiger partial charge on any atom is -0.507 e. The Bertz CT molecular complexity index is 2510. The highest BCUT2D eigenvalue weighted by molar-refractivity contribution is 5.94. The second-order valence-electron chi connectivity index (χ2n) is 22.3. The molecule has 5 nitrogen and oxygen atoms in total. The van der Waals surface area contributed by atoms with Gasteiger partial charge in [0.2, 0.25) is 0 Å². The number of aryl methyl sites for hydroxylation is 2. The zero-order chi connectivity index (χ0) is 46.9. The Balaban J connectivity index is 1.30. The molecule has 0 saturated heterocycles. The molecule has 5 heteroatoms. The van der Waals surface area contributed by atoms with Crippen LogP contribution in [0.15, 0.2) is 66.7 Å². The van der Waals surface area contributed by atoms with Gasteiger partial charge >= 0.3 is 0 Å². The van der Waals surface area contributed by atoms with E-state index in [0.29, 0.717) is 39.7 Å². The Labute approximate surface area is 407 Å². The van der Waals surface area contributed by atoms with Crippen molar-refractivity contribution >= 4 is 0 Å². The van der Waals surface area contributed by atoms with Gasteiger partial charge in [0.15, 0.2) is 0 Å². The molecule has 0 atom stereocenters. The van der Waals surface area contributed by atoms with E-state index >= 15 is 0 Å². The van der Waals surface area contributed by atoms with Gasteiger partial charge in [-0.05, 0) is 177 Å². The van der Waals surface area contributed by atoms with Crippen molar-refractivity contribution < 1.29 is 25.5 Å². The Morgan fingerprint density at radius 2 is 0.721 bits per heavy atom. The molecular formula is C63H78O5. The number of phenols is 5. The second kappa shape index (κ2) is 20.6. The lowest BCUT2D eigenvalue weighted by atomic mass is 9.72. The fraction of sp³-hybridized carbons (Fsp3) is 0.524. The number of hydrogen-bond acceptors (Lipinski definition) is 5. The van der Waals surface area contributed by atoms with E-state index in [-0.39, 0.29) is 46.5 Å². The first-order chi connectivity index (χ1) is 33.2. The van der Waals surface area contributed by atoms with Gasteiger partial charge in [0, 0.05) is 44.9 Å². The first-order valence-corrected chi connectivity index (χ1v) is 27.4. The van der Waals surface area contributed by atoms with E-state index in [9.17, 15) is 25.5 Å². The molecule has 5 aliphatic rings. The topological polar surface area (TPSA) is 101 Å². The van der Waals surface area contributed by atoms with Crippen molar-refractivity contribution in [2.45, 2.75) is 210 Å². The summed E-state index contributed by atoms with van der Waals surface area (Å²) < 4.78 is 0. The van der Waals surface area contributed by atoms with Crippen LogP contribution in [0.2, 0.25) is 0 Å². The van der Waals surface area contributed by atoms with Crippen LogP contribution >= 0.6 is 0 Å². The molecule has 5 aromatic carbocycles. The average Bonchev–Trinajstić information content (AvgIpc) is 3.37. The van der Waals surface area contributed by atoms with Gasteiger partial charge in [-0.15, -0.1) is 0 Å². The number of hydrogen-bond donors (Lipinski definition) is 5. The normalized spacial score (nSPS) is 19.8. The number of aromatic hydroxyl groups is 5. The first-order valence-electron chi connectivity index (χ1n) is 27.4. The average molecular weight is 915 g/mol. The van der Waals surface area contributed by atoms with Gasteiger partial charge in [0.1, 0.15) is 28.7 Å². The van der Waals surface area contributed by atoms with E-state index in [1.54, 1.807) is 0 Å². The lowest BCUT2D eigenvalue weighted by Crippen LogP contribution is -2.14. The summed E-state index contributed by atoms with van der Waals surface area (Å²) in [6, 6.07) is 22.8. The molecule has 68 heavy (non-hydrogen) atoms. The van der Waals surface area contributed by atoms with Crippen molar-refractivity contribution in [1.82, 2.24) is 0 Å². The first kappa shape index (κ1) is 46.8. The van der Waals surface area contributed by atoms with Gasteiger partial charge in [-0.25, -0.2) is 0 Å². The Morgan fingerprint density at radius 3 is 1.15 bits per heavy atom. The van der Waals surface area contributed by atoms with Crippen LogP contribution in [0.25, 0.3) is 22.3 Å². The van der Waals surface area contributed by atoms with E-state index in [4.69, 9.17) is 0 Å². The highest BCUT2D eigenvalue weighted by Crippen LogP contribution is 2.57. The van der Waals surface area contributed by atoms with Gasteiger partial charge in [-0.2, -0.15) is 0 Å². The molecule has 10 rings (SSSR count). The quantitative estimate of drug-likeness (QED) is 0.0899. The van der Waals surface area contributed by atoms with Gasteiger partial charge < -0.3 is 25.5 Å². The van der Waals surface area contributed by atoms with Crippen molar-refractivity contribution in [3.63, 3.8) is 0 Å². The van der Waals surface area contributed by atoms with E-state index in [1.165, 1.54) is 62.5 Å². The van der Waals surface area contributed by atoms with E-state index < -0.39 is 5.92 Å². The Kier molecular flexibility index (Phi) is 14.2. The largest absolute Gasteiger partial charge is 0.507 e. The molecule has 0 aliphatic heterocycles. The third-order valence-electron chi connectivity index (χ3n) is 18.0. The van der Waals surface area contributed by atoms with Gasteiger partial charge in [0.25, 0.3) is 0 Å². The maximum atomic E-state index is 13.7. The van der Waals surface area contributed by atoms with Crippen molar-refractivity contribution in [2.24, 2.45) is 0 Å². The number of rotatable bonds is 10. The molecule has 5 N–H and O–H groups in total. The van der Waals surface area contributed by atoms with Crippen LogP contribution < -0.4 is 0 Å². The van der Waals surface area contributed by atoms with Crippen LogP contribution in [0.5, 0.6) is 28.7 Å². The highest BCUT2D eigenvalue weighted by atomic mass is 16.3. The van der Waals surface area contributed by atoms with Crippen LogP contribution in [0, 0.1) is 13.8 Å². The predicted molar refractivity (Wildman–Crippen MR) is 278 cm³/mol. The molecule has 5 aromatic rings. The third-order valence-corrected chi connectivity index (χ3v) is 18.0. The summed E-state index contributed by atoms with van der Waals surface area (Å²) in [6.45, 7) is 4.26. The van der Waals surface area contributed by atoms with Crippen molar-refractivity contribution in [1.29, 1.82) is 0 Å². The van der Waals surface area contributed by atoms with Crippen molar-refractivity contribution in [2.75, 3.05) is 0 Å². The molecule has 5 fully saturated rings. The molecule has 0 unspecified atom stereocenters. The van der Waals surface area contributed by atoms with Gasteiger partial charge in [0.05, 0.1) is 0 Å². The molecule has 0 amide bonds. The summed E-state index contributed by atoms with van der Waals surface area (Å²) in [6.07, 6.45) is 27.8. The minimum atomic E-state index is -0.730. The summed E-state index contributed by atoms with van der Waals surface area (Å²) in [5.74, 6) is 1.58. The monoisotopic (exact) mass is 915 g/mol. The van der Waals surface area contributed by atoms with E-state index in [2.05, 4.69) is 56.3 Å². The van der Waals surface area contributed by atoms with Crippen LogP contribution in [-0.4, -0.2) is 25.5 Å².